The molecule has 0 unspecified atom stereocenters. The zero-order chi connectivity index (χ0) is 3.91. The third-order valence-corrected chi connectivity index (χ3v) is 0.232. The van der Waals surface area contributed by atoms with Gasteiger partial charge in [0.1, 0.15) is 0 Å². The summed E-state index contributed by atoms with van der Waals surface area (Å²) in [4.78, 5) is 7.01. The van der Waals surface area contributed by atoms with Crippen LogP contribution < -0.4 is 0 Å². The fourth-order valence-electron chi connectivity index (χ4n) is 0.0373. The minimum atomic E-state index is -2.25. The molecule has 1 saturated heterocycles. The average molecular weight is 287 g/mol. The molecule has 2 radical (unpaired) electrons. The fraction of sp³-hybridized carbons (Fsp3) is 1.00. The van der Waals surface area contributed by atoms with Crippen LogP contribution in [0.25, 0.3) is 0 Å². The Bertz CT molecular complexity index is 45.5. The van der Waals surface area contributed by atoms with Gasteiger partial charge in [-0.3, -0.25) is 0 Å². The Morgan fingerprint density at radius 2 is 1.33 bits per heavy atom. The molecule has 0 bridgehead atoms. The molecule has 6 heavy (non-hydrogen) atoms. The van der Waals surface area contributed by atoms with Crippen LogP contribution in [-0.4, -0.2) is 43.7 Å². The molecule has 4 nitrogen and oxygen atoms in total. The molecule has 0 spiro atoms. The van der Waals surface area contributed by atoms with E-state index in [1.54, 1.807) is 0 Å². The van der Waals surface area contributed by atoms with Crippen molar-refractivity contribution >= 4 is 27.3 Å². The predicted molar refractivity (Wildman–Crippen MR) is 17.9 cm³/mol. The van der Waals surface area contributed by atoms with Crippen LogP contribution in [0.5, 0.6) is 0 Å². The Labute approximate surface area is 53.8 Å². The summed E-state index contributed by atoms with van der Waals surface area (Å²) in [6.45, 7) is 0. The van der Waals surface area contributed by atoms with Crippen LogP contribution in [0.1, 0.15) is 0 Å². The molecule has 0 aromatic rings. The summed E-state index contributed by atoms with van der Waals surface area (Å²) < 4.78 is 0. The Morgan fingerprint density at radius 3 is 1.33 bits per heavy atom. The Kier molecular flexibility index (Phi) is 1.92. The normalized spacial score (nSPS) is 25.0. The molecule has 36 valence electrons. The number of hydrogen-bond donors (Lipinski definition) is 2. The maximum absolute atomic E-state index is 7.74. The molecule has 0 aromatic heterocycles. The molecule has 0 atom stereocenters. The van der Waals surface area contributed by atoms with E-state index in [0.29, 0.717) is 0 Å². The van der Waals surface area contributed by atoms with Gasteiger partial charge in [0.15, 0.2) is 0 Å². The average Bonchev–Trinajstić information content (AvgIpc) is 1.76. The number of hydrogen-bond acceptors (Lipinski definition) is 4. The standard InChI is InChI=1S/CH2O4.Pb.2H/c2-1(3)4-5-1;;;/h2-3H;;;. The van der Waals surface area contributed by atoms with E-state index in [4.69, 9.17) is 10.2 Å². The van der Waals surface area contributed by atoms with E-state index in [1.807, 2.05) is 0 Å². The van der Waals surface area contributed by atoms with Crippen molar-refractivity contribution < 1.29 is 20.0 Å². The third-order valence-electron chi connectivity index (χ3n) is 0.232. The molecule has 1 rings (SSSR count). The van der Waals surface area contributed by atoms with Crippen LogP contribution in [0.4, 0.5) is 0 Å². The molecule has 1 heterocycles. The summed E-state index contributed by atoms with van der Waals surface area (Å²) in [5.74, 6) is 0. The van der Waals surface area contributed by atoms with Gasteiger partial charge >= 0.3 is 33.5 Å². The van der Waals surface area contributed by atoms with Crippen LogP contribution in [0.3, 0.4) is 0 Å². The molecule has 1 fully saturated rings. The van der Waals surface area contributed by atoms with Crippen molar-refractivity contribution in [2.75, 3.05) is 0 Å². The van der Waals surface area contributed by atoms with E-state index in [2.05, 4.69) is 9.78 Å². The summed E-state index contributed by atoms with van der Waals surface area (Å²) in [5, 5.41) is 15.5. The molecule has 5 heteroatoms. The topological polar surface area (TPSA) is 65.5 Å². The first-order chi connectivity index (χ1) is 2.21. The van der Waals surface area contributed by atoms with E-state index in [9.17, 15) is 0 Å². The zero-order valence-electron chi connectivity index (χ0n) is 2.92. The molecular weight excluding hydrogens is 283 g/mol. The van der Waals surface area contributed by atoms with Gasteiger partial charge < -0.3 is 10.2 Å². The third kappa shape index (κ3) is 2.03. The van der Waals surface area contributed by atoms with Crippen molar-refractivity contribution in [3.05, 3.63) is 0 Å². The predicted octanol–water partition coefficient (Wildman–Crippen LogP) is -2.37. The Balaban J connectivity index is 0.000000250. The van der Waals surface area contributed by atoms with Gasteiger partial charge in [0, 0.05) is 0 Å². The summed E-state index contributed by atoms with van der Waals surface area (Å²) in [6.07, 6.45) is -2.25. The second kappa shape index (κ2) is 1.70. The first-order valence-corrected chi connectivity index (χ1v) is 1.02. The molecule has 0 aliphatic carbocycles. The second-order valence-electron chi connectivity index (χ2n) is 0.715. The minimum absolute atomic E-state index is 0. The van der Waals surface area contributed by atoms with Crippen LogP contribution in [0.2, 0.25) is 0 Å². The van der Waals surface area contributed by atoms with Crippen molar-refractivity contribution in [1.82, 2.24) is 0 Å². The molecule has 1 aliphatic heterocycles. The maximum atomic E-state index is 7.74. The SMILES string of the molecule is OC1(O)OO1.[PbH2]. The van der Waals surface area contributed by atoms with E-state index in [1.165, 1.54) is 0 Å². The first-order valence-electron chi connectivity index (χ1n) is 1.02. The van der Waals surface area contributed by atoms with Crippen LogP contribution in [0.15, 0.2) is 0 Å². The van der Waals surface area contributed by atoms with Crippen LogP contribution in [-0.2, 0) is 9.78 Å². The van der Waals surface area contributed by atoms with Gasteiger partial charge in [-0.1, -0.05) is 0 Å². The van der Waals surface area contributed by atoms with Gasteiger partial charge in [0.2, 0.25) is 0 Å². The van der Waals surface area contributed by atoms with Crippen molar-refractivity contribution in [2.45, 2.75) is 6.16 Å². The molecule has 0 saturated carbocycles. The molecular formula is CH4O4Pb. The Hall–Kier alpha value is 0.762. The van der Waals surface area contributed by atoms with Gasteiger partial charge in [-0.15, -0.1) is 9.78 Å². The van der Waals surface area contributed by atoms with E-state index < -0.39 is 6.16 Å². The second-order valence-corrected chi connectivity index (χ2v) is 0.715. The molecule has 0 amide bonds. The summed E-state index contributed by atoms with van der Waals surface area (Å²) >= 11 is 0. The number of aliphatic hydroxyl groups is 2. The number of rotatable bonds is 0. The quantitative estimate of drug-likeness (QED) is 0.226. The van der Waals surface area contributed by atoms with Gasteiger partial charge in [0.25, 0.3) is 0 Å². The van der Waals surface area contributed by atoms with Gasteiger partial charge in [-0.2, -0.15) is 0 Å². The molecule has 2 N–H and O–H groups in total. The van der Waals surface area contributed by atoms with E-state index in [-0.39, 0.29) is 27.3 Å². The monoisotopic (exact) mass is 288 g/mol. The Morgan fingerprint density at radius 1 is 1.17 bits per heavy atom. The summed E-state index contributed by atoms with van der Waals surface area (Å²) in [7, 11) is 0. The van der Waals surface area contributed by atoms with E-state index >= 15 is 0 Å². The van der Waals surface area contributed by atoms with Gasteiger partial charge in [-0.25, -0.2) is 0 Å². The van der Waals surface area contributed by atoms with Crippen molar-refractivity contribution in [2.24, 2.45) is 0 Å². The van der Waals surface area contributed by atoms with Gasteiger partial charge in [-0.05, 0) is 0 Å². The van der Waals surface area contributed by atoms with Crippen molar-refractivity contribution in [3.63, 3.8) is 0 Å². The summed E-state index contributed by atoms with van der Waals surface area (Å²) in [5.41, 5.74) is 0. The first kappa shape index (κ1) is 6.76. The van der Waals surface area contributed by atoms with Crippen molar-refractivity contribution in [1.29, 1.82) is 0 Å². The van der Waals surface area contributed by atoms with Crippen LogP contribution >= 0.6 is 0 Å². The van der Waals surface area contributed by atoms with Crippen molar-refractivity contribution in [3.8, 4) is 0 Å². The summed E-state index contributed by atoms with van der Waals surface area (Å²) in [6, 6.07) is 0. The molecule has 1 aliphatic rings. The fourth-order valence-corrected chi connectivity index (χ4v) is 0.0373. The van der Waals surface area contributed by atoms with E-state index in [0.717, 1.165) is 0 Å². The van der Waals surface area contributed by atoms with Gasteiger partial charge in [0.05, 0.1) is 0 Å². The zero-order valence-corrected chi connectivity index (χ0v) is 8.42. The molecule has 0 aromatic carbocycles. The van der Waals surface area contributed by atoms with Crippen LogP contribution in [0, 0.1) is 0 Å².